The van der Waals surface area contributed by atoms with Crippen LogP contribution in [-0.4, -0.2) is 11.1 Å². The van der Waals surface area contributed by atoms with Crippen LogP contribution in [-0.2, 0) is 0 Å². The van der Waals surface area contributed by atoms with Crippen LogP contribution in [0.4, 0.5) is 0 Å². The van der Waals surface area contributed by atoms with Gasteiger partial charge in [-0.3, -0.25) is 0 Å². The molecule has 2 aromatic rings. The van der Waals surface area contributed by atoms with Crippen molar-refractivity contribution in [1.82, 2.24) is 0 Å². The van der Waals surface area contributed by atoms with Crippen molar-refractivity contribution in [2.45, 2.75) is 9.92 Å². The fourth-order valence-corrected chi connectivity index (χ4v) is 3.45. The summed E-state index contributed by atoms with van der Waals surface area (Å²) in [7, 11) is 2.49. The Balaban J connectivity index is 2.16. The molecule has 1 N–H and O–H groups in total. The van der Waals surface area contributed by atoms with E-state index < -0.39 is 5.97 Å². The monoisotopic (exact) mass is 279 g/mol. The summed E-state index contributed by atoms with van der Waals surface area (Å²) in [5.74, 6) is -0.971. The van der Waals surface area contributed by atoms with E-state index >= 15 is 0 Å². The van der Waals surface area contributed by atoms with Gasteiger partial charge in [0.25, 0.3) is 5.03 Å². The lowest BCUT2D eigenvalue weighted by Crippen LogP contribution is -2.27. The summed E-state index contributed by atoms with van der Waals surface area (Å²) in [5.41, 5.74) is 0.239. The van der Waals surface area contributed by atoms with Gasteiger partial charge in [-0.15, -0.1) is 0 Å². The van der Waals surface area contributed by atoms with Crippen LogP contribution in [0, 0.1) is 5.21 Å². The molecule has 0 fully saturated rings. The molecular formula is C12H9NO3S2. The van der Waals surface area contributed by atoms with Crippen molar-refractivity contribution in [3.05, 3.63) is 59.4 Å². The Kier molecular flexibility index (Phi) is 4.11. The molecule has 6 heteroatoms. The zero-order valence-electron chi connectivity index (χ0n) is 9.15. The van der Waals surface area contributed by atoms with Crippen LogP contribution in [0.15, 0.2) is 58.6 Å². The number of aromatic carboxylic acids is 1. The molecule has 92 valence electrons. The van der Waals surface area contributed by atoms with Gasteiger partial charge in [0.1, 0.15) is 0 Å². The second-order valence-corrected chi connectivity index (χ2v) is 5.52. The van der Waals surface area contributed by atoms with Crippen molar-refractivity contribution in [3.63, 3.8) is 0 Å². The molecule has 0 aliphatic rings. The van der Waals surface area contributed by atoms with E-state index in [4.69, 9.17) is 5.11 Å². The molecule has 0 atom stereocenters. The molecule has 0 saturated heterocycles. The van der Waals surface area contributed by atoms with E-state index in [2.05, 4.69) is 0 Å². The minimum Gasteiger partial charge on any atom is -0.618 e. The maximum atomic E-state index is 11.4. The molecule has 0 unspecified atom stereocenters. The Morgan fingerprint density at radius 3 is 2.56 bits per heavy atom. The number of carboxylic acid groups (broad SMARTS) is 1. The van der Waals surface area contributed by atoms with Crippen LogP contribution in [0.5, 0.6) is 0 Å². The Labute approximate surface area is 112 Å². The molecule has 0 saturated carbocycles. The van der Waals surface area contributed by atoms with E-state index in [1.54, 1.807) is 42.5 Å². The zero-order chi connectivity index (χ0) is 13.0. The first-order valence-electron chi connectivity index (χ1n) is 5.03. The molecule has 1 heterocycles. The number of carbonyl (C=O) groups is 1. The Morgan fingerprint density at radius 2 is 1.83 bits per heavy atom. The van der Waals surface area contributed by atoms with Crippen molar-refractivity contribution in [3.8, 4) is 0 Å². The molecule has 0 aliphatic heterocycles. The van der Waals surface area contributed by atoms with Gasteiger partial charge in [-0.05, 0) is 29.0 Å². The van der Waals surface area contributed by atoms with Crippen LogP contribution >= 0.6 is 21.6 Å². The third-order valence-corrected chi connectivity index (χ3v) is 4.53. The average molecular weight is 279 g/mol. The lowest BCUT2D eigenvalue weighted by atomic mass is 10.2. The van der Waals surface area contributed by atoms with Crippen LogP contribution in [0.25, 0.3) is 0 Å². The number of carboxylic acids is 1. The van der Waals surface area contributed by atoms with E-state index in [-0.39, 0.29) is 5.56 Å². The average Bonchev–Trinajstić information content (AvgIpc) is 2.38. The highest BCUT2D eigenvalue weighted by atomic mass is 33.1. The fourth-order valence-electron chi connectivity index (χ4n) is 1.28. The van der Waals surface area contributed by atoms with E-state index in [0.29, 0.717) is 9.92 Å². The zero-order valence-corrected chi connectivity index (χ0v) is 10.8. The largest absolute Gasteiger partial charge is 0.618 e. The highest BCUT2D eigenvalue weighted by molar-refractivity contribution is 8.76. The molecule has 0 bridgehead atoms. The predicted molar refractivity (Wildman–Crippen MR) is 70.5 cm³/mol. The van der Waals surface area contributed by atoms with Gasteiger partial charge in [0.2, 0.25) is 0 Å². The highest BCUT2D eigenvalue weighted by Gasteiger charge is 2.12. The van der Waals surface area contributed by atoms with Gasteiger partial charge < -0.3 is 10.3 Å². The molecule has 18 heavy (non-hydrogen) atoms. The Morgan fingerprint density at radius 1 is 1.11 bits per heavy atom. The number of benzene rings is 1. The first kappa shape index (κ1) is 12.8. The van der Waals surface area contributed by atoms with Gasteiger partial charge in [0, 0.05) is 27.8 Å². The van der Waals surface area contributed by atoms with Crippen LogP contribution < -0.4 is 4.73 Å². The van der Waals surface area contributed by atoms with Gasteiger partial charge in [-0.2, -0.15) is 4.73 Å². The molecule has 0 amide bonds. The quantitative estimate of drug-likeness (QED) is 0.529. The molecule has 0 spiro atoms. The van der Waals surface area contributed by atoms with Crippen molar-refractivity contribution in [2.24, 2.45) is 0 Å². The summed E-state index contributed by atoms with van der Waals surface area (Å²) in [6.45, 7) is 0. The van der Waals surface area contributed by atoms with Crippen molar-refractivity contribution in [1.29, 1.82) is 0 Å². The van der Waals surface area contributed by atoms with E-state index in [1.807, 2.05) is 0 Å². The fraction of sp³-hybridized carbons (Fsp3) is 0. The van der Waals surface area contributed by atoms with Crippen molar-refractivity contribution in [2.75, 3.05) is 0 Å². The standard InChI is InChI=1S/C12H9NO3S2/c14-12(15)9-5-1-2-6-10(9)17-18-11-7-3-4-8-13(11)16/h1-8H,(H,14,15). The van der Waals surface area contributed by atoms with E-state index in [0.717, 1.165) is 4.73 Å². The van der Waals surface area contributed by atoms with Gasteiger partial charge in [-0.25, -0.2) is 4.79 Å². The summed E-state index contributed by atoms with van der Waals surface area (Å²) >= 11 is 0. The Bertz CT molecular complexity index is 575. The molecule has 0 aliphatic carbocycles. The summed E-state index contributed by atoms with van der Waals surface area (Å²) in [6.07, 6.45) is 1.41. The highest BCUT2D eigenvalue weighted by Crippen LogP contribution is 2.37. The Hall–Kier alpha value is -1.66. The number of rotatable bonds is 4. The normalized spacial score (nSPS) is 10.2. The summed E-state index contributed by atoms with van der Waals surface area (Å²) in [5, 5.41) is 21.0. The van der Waals surface area contributed by atoms with Gasteiger partial charge >= 0.3 is 5.97 Å². The van der Waals surface area contributed by atoms with Crippen LogP contribution in [0.1, 0.15) is 10.4 Å². The van der Waals surface area contributed by atoms with Gasteiger partial charge in [0.05, 0.1) is 5.56 Å². The summed E-state index contributed by atoms with van der Waals surface area (Å²) in [4.78, 5) is 11.6. The van der Waals surface area contributed by atoms with Crippen molar-refractivity contribution >= 4 is 27.6 Å². The lowest BCUT2D eigenvalue weighted by molar-refractivity contribution is -0.645. The SMILES string of the molecule is O=C(O)c1ccccc1SSc1cccc[n+]1[O-]. The maximum absolute atomic E-state index is 11.4. The predicted octanol–water partition coefficient (Wildman–Crippen LogP) is 2.82. The molecule has 0 radical (unpaired) electrons. The summed E-state index contributed by atoms with van der Waals surface area (Å²) < 4.78 is 0.751. The number of hydrogen-bond donors (Lipinski definition) is 1. The minimum atomic E-state index is -0.971. The molecule has 2 rings (SSSR count). The first-order chi connectivity index (χ1) is 8.68. The van der Waals surface area contributed by atoms with Crippen molar-refractivity contribution < 1.29 is 14.6 Å². The van der Waals surface area contributed by atoms with Crippen LogP contribution in [0.3, 0.4) is 0 Å². The third-order valence-electron chi connectivity index (χ3n) is 2.12. The molecular weight excluding hydrogens is 270 g/mol. The lowest BCUT2D eigenvalue weighted by Gasteiger charge is -2.05. The second-order valence-electron chi connectivity index (χ2n) is 3.33. The molecule has 4 nitrogen and oxygen atoms in total. The van der Waals surface area contributed by atoms with Gasteiger partial charge in [-0.1, -0.05) is 12.1 Å². The topological polar surface area (TPSA) is 64.2 Å². The van der Waals surface area contributed by atoms with E-state index in [9.17, 15) is 10.0 Å². The smallest absolute Gasteiger partial charge is 0.336 e. The second kappa shape index (κ2) is 5.79. The summed E-state index contributed by atoms with van der Waals surface area (Å²) in [6, 6.07) is 11.8. The molecule has 1 aromatic heterocycles. The third kappa shape index (κ3) is 2.96. The minimum absolute atomic E-state index is 0.239. The number of pyridine rings is 1. The van der Waals surface area contributed by atoms with Crippen LogP contribution in [0.2, 0.25) is 0 Å². The number of aromatic nitrogens is 1. The first-order valence-corrected chi connectivity index (χ1v) is 7.18. The molecule has 1 aromatic carbocycles. The number of hydrogen-bond acceptors (Lipinski definition) is 4. The van der Waals surface area contributed by atoms with E-state index in [1.165, 1.54) is 27.8 Å². The van der Waals surface area contributed by atoms with Gasteiger partial charge in [0.15, 0.2) is 6.20 Å². The number of nitrogens with zero attached hydrogens (tertiary/aromatic N) is 1. The maximum Gasteiger partial charge on any atom is 0.336 e.